The van der Waals surface area contributed by atoms with E-state index in [4.69, 9.17) is 10.5 Å². The number of methoxy groups -OCH3 is 1. The highest BCUT2D eigenvalue weighted by Crippen LogP contribution is 2.24. The molecule has 0 atom stereocenters. The molecule has 3 N–H and O–H groups in total. The summed E-state index contributed by atoms with van der Waals surface area (Å²) in [5.74, 6) is 0.207. The normalized spacial score (nSPS) is 21.4. The van der Waals surface area contributed by atoms with Gasteiger partial charge >= 0.3 is 0 Å². The number of pyridine rings is 1. The van der Waals surface area contributed by atoms with Gasteiger partial charge in [-0.05, 0) is 24.3 Å². The van der Waals surface area contributed by atoms with Crippen LogP contribution < -0.4 is 11.1 Å². The van der Waals surface area contributed by atoms with Crippen LogP contribution in [0, 0.1) is 0 Å². The minimum absolute atomic E-state index is 0.168. The van der Waals surface area contributed by atoms with E-state index in [0.717, 1.165) is 23.6 Å². The van der Waals surface area contributed by atoms with E-state index in [2.05, 4.69) is 10.3 Å². The molecule has 3 rings (SSSR count). The van der Waals surface area contributed by atoms with E-state index in [9.17, 15) is 4.79 Å². The van der Waals surface area contributed by atoms with Crippen molar-refractivity contribution in [2.75, 3.05) is 12.8 Å². The first-order valence-electron chi connectivity index (χ1n) is 6.66. The minimum atomic E-state index is -0.179. The number of ether oxygens (including phenoxy) is 1. The molecule has 0 saturated heterocycles. The number of benzene rings is 1. The maximum Gasteiger partial charge on any atom is 0.270 e. The fourth-order valence-electron chi connectivity index (χ4n) is 2.48. The Hall–Kier alpha value is -2.14. The van der Waals surface area contributed by atoms with Gasteiger partial charge in [0.15, 0.2) is 0 Å². The second-order valence-corrected chi connectivity index (χ2v) is 5.11. The first-order chi connectivity index (χ1) is 9.67. The van der Waals surface area contributed by atoms with E-state index < -0.39 is 0 Å². The molecule has 1 aliphatic carbocycles. The Bertz CT molecular complexity index is 651. The Morgan fingerprint density at radius 2 is 2.15 bits per heavy atom. The van der Waals surface area contributed by atoms with Gasteiger partial charge < -0.3 is 15.8 Å². The second kappa shape index (κ2) is 5.09. The first-order valence-corrected chi connectivity index (χ1v) is 6.66. The third-order valence-corrected chi connectivity index (χ3v) is 3.77. The molecule has 0 aliphatic heterocycles. The van der Waals surface area contributed by atoms with E-state index in [1.165, 1.54) is 0 Å². The Labute approximate surface area is 117 Å². The third kappa shape index (κ3) is 2.32. The van der Waals surface area contributed by atoms with Crippen LogP contribution in [-0.2, 0) is 4.74 Å². The van der Waals surface area contributed by atoms with Crippen LogP contribution in [-0.4, -0.2) is 30.1 Å². The van der Waals surface area contributed by atoms with Crippen LogP contribution in [0.2, 0.25) is 0 Å². The molecule has 2 aromatic rings. The van der Waals surface area contributed by atoms with Crippen LogP contribution in [0.1, 0.15) is 23.3 Å². The van der Waals surface area contributed by atoms with Crippen molar-refractivity contribution in [3.8, 4) is 0 Å². The van der Waals surface area contributed by atoms with Crippen molar-refractivity contribution < 1.29 is 9.53 Å². The molecule has 5 heteroatoms. The largest absolute Gasteiger partial charge is 0.383 e. The lowest BCUT2D eigenvalue weighted by molar-refractivity contribution is 0.0175. The zero-order chi connectivity index (χ0) is 14.1. The van der Waals surface area contributed by atoms with Crippen LogP contribution in [0.5, 0.6) is 0 Å². The number of nitrogens with one attached hydrogen (secondary N) is 1. The summed E-state index contributed by atoms with van der Waals surface area (Å²) in [4.78, 5) is 16.4. The number of carbonyl (C=O) groups is 1. The maximum atomic E-state index is 12.2. The van der Waals surface area contributed by atoms with Crippen molar-refractivity contribution in [3.63, 3.8) is 0 Å². The van der Waals surface area contributed by atoms with E-state index in [1.807, 2.05) is 24.3 Å². The van der Waals surface area contributed by atoms with Gasteiger partial charge in [0.05, 0.1) is 6.10 Å². The monoisotopic (exact) mass is 271 g/mol. The molecule has 20 heavy (non-hydrogen) atoms. The van der Waals surface area contributed by atoms with E-state index in [1.54, 1.807) is 13.2 Å². The predicted molar refractivity (Wildman–Crippen MR) is 77.4 cm³/mol. The summed E-state index contributed by atoms with van der Waals surface area (Å²) < 4.78 is 5.19. The molecule has 0 radical (unpaired) electrons. The SMILES string of the molecule is COC1CC(NC(=O)c2cc3ccccc3c(N)n2)C1. The molecule has 1 fully saturated rings. The van der Waals surface area contributed by atoms with Crippen LogP contribution in [0.15, 0.2) is 30.3 Å². The highest BCUT2D eigenvalue weighted by Gasteiger charge is 2.30. The number of hydrogen-bond acceptors (Lipinski definition) is 4. The standard InChI is InChI=1S/C15H17N3O2/c1-20-11-7-10(8-11)17-15(19)13-6-9-4-2-3-5-12(9)14(16)18-13/h2-6,10-11H,7-8H2,1H3,(H2,16,18)(H,17,19). The van der Waals surface area contributed by atoms with Crippen molar-refractivity contribution >= 4 is 22.5 Å². The van der Waals surface area contributed by atoms with Gasteiger partial charge in [0, 0.05) is 18.5 Å². The van der Waals surface area contributed by atoms with Gasteiger partial charge in [0.25, 0.3) is 5.91 Å². The molecule has 1 aliphatic rings. The van der Waals surface area contributed by atoms with Gasteiger partial charge in [0.2, 0.25) is 0 Å². The number of nitrogens with two attached hydrogens (primary N) is 1. The average molecular weight is 271 g/mol. The zero-order valence-electron chi connectivity index (χ0n) is 11.3. The number of rotatable bonds is 3. The number of hydrogen-bond donors (Lipinski definition) is 2. The highest BCUT2D eigenvalue weighted by molar-refractivity contribution is 5.99. The number of fused-ring (bicyclic) bond motifs is 1. The molecule has 1 heterocycles. The van der Waals surface area contributed by atoms with Gasteiger partial charge in [-0.25, -0.2) is 4.98 Å². The summed E-state index contributed by atoms with van der Waals surface area (Å²) in [6.07, 6.45) is 1.96. The van der Waals surface area contributed by atoms with Crippen molar-refractivity contribution in [1.29, 1.82) is 0 Å². The van der Waals surface area contributed by atoms with Crippen molar-refractivity contribution in [2.24, 2.45) is 0 Å². The smallest absolute Gasteiger partial charge is 0.270 e. The minimum Gasteiger partial charge on any atom is -0.383 e. The lowest BCUT2D eigenvalue weighted by atomic mass is 9.89. The highest BCUT2D eigenvalue weighted by atomic mass is 16.5. The third-order valence-electron chi connectivity index (χ3n) is 3.77. The Morgan fingerprint density at radius 1 is 1.40 bits per heavy atom. The number of nitrogens with zero attached hydrogens (tertiary/aromatic N) is 1. The maximum absolute atomic E-state index is 12.2. The summed E-state index contributed by atoms with van der Waals surface area (Å²) in [5, 5.41) is 4.74. The summed E-state index contributed by atoms with van der Waals surface area (Å²) in [7, 11) is 1.69. The fraction of sp³-hybridized carbons (Fsp3) is 0.333. The summed E-state index contributed by atoms with van der Waals surface area (Å²) in [6, 6.07) is 9.58. The Morgan fingerprint density at radius 3 is 2.90 bits per heavy atom. The number of nitrogen functional groups attached to an aromatic ring is 1. The molecule has 5 nitrogen and oxygen atoms in total. The lowest BCUT2D eigenvalue weighted by Crippen LogP contribution is -2.47. The van der Waals surface area contributed by atoms with E-state index >= 15 is 0 Å². The quantitative estimate of drug-likeness (QED) is 0.891. The molecule has 1 aromatic carbocycles. The summed E-state index contributed by atoms with van der Waals surface area (Å²) in [5.41, 5.74) is 6.27. The van der Waals surface area contributed by atoms with Crippen molar-refractivity contribution in [2.45, 2.75) is 25.0 Å². The van der Waals surface area contributed by atoms with E-state index in [-0.39, 0.29) is 18.1 Å². The van der Waals surface area contributed by atoms with Crippen molar-refractivity contribution in [3.05, 3.63) is 36.0 Å². The molecule has 0 bridgehead atoms. The van der Waals surface area contributed by atoms with Gasteiger partial charge in [-0.3, -0.25) is 4.79 Å². The van der Waals surface area contributed by atoms with Crippen LogP contribution in [0.4, 0.5) is 5.82 Å². The lowest BCUT2D eigenvalue weighted by Gasteiger charge is -2.34. The average Bonchev–Trinajstić information content (AvgIpc) is 2.42. The molecular weight excluding hydrogens is 254 g/mol. The van der Waals surface area contributed by atoms with Gasteiger partial charge in [-0.1, -0.05) is 24.3 Å². The molecular formula is C15H17N3O2. The topological polar surface area (TPSA) is 77.2 Å². The predicted octanol–water partition coefficient (Wildman–Crippen LogP) is 1.72. The zero-order valence-corrected chi connectivity index (χ0v) is 11.3. The molecule has 0 spiro atoms. The van der Waals surface area contributed by atoms with Gasteiger partial charge in [0.1, 0.15) is 11.5 Å². The van der Waals surface area contributed by atoms with Gasteiger partial charge in [-0.2, -0.15) is 0 Å². The molecule has 0 unspecified atom stereocenters. The summed E-state index contributed by atoms with van der Waals surface area (Å²) >= 11 is 0. The van der Waals surface area contributed by atoms with Crippen LogP contribution in [0.25, 0.3) is 10.8 Å². The van der Waals surface area contributed by atoms with Crippen molar-refractivity contribution in [1.82, 2.24) is 10.3 Å². The molecule has 1 aromatic heterocycles. The molecule has 104 valence electrons. The first kappa shape index (κ1) is 12.9. The summed E-state index contributed by atoms with van der Waals surface area (Å²) in [6.45, 7) is 0. The molecule has 1 saturated carbocycles. The number of aromatic nitrogens is 1. The fourth-order valence-corrected chi connectivity index (χ4v) is 2.48. The Kier molecular flexibility index (Phi) is 3.28. The van der Waals surface area contributed by atoms with E-state index in [0.29, 0.717) is 11.5 Å². The number of anilines is 1. The number of amides is 1. The second-order valence-electron chi connectivity index (χ2n) is 5.11. The molecule has 1 amide bonds. The van der Waals surface area contributed by atoms with Gasteiger partial charge in [-0.15, -0.1) is 0 Å². The Balaban J connectivity index is 1.78. The van der Waals surface area contributed by atoms with Crippen LogP contribution in [0.3, 0.4) is 0 Å². The number of carbonyl (C=O) groups excluding carboxylic acids is 1. The van der Waals surface area contributed by atoms with Crippen LogP contribution >= 0.6 is 0 Å².